The maximum Gasteiger partial charge on any atom is 0.163 e. The number of Topliss-reactive ketones (excluding diaryl/α,β-unsaturated/α-hetero) is 1. The summed E-state index contributed by atoms with van der Waals surface area (Å²) >= 11 is 3.69. The second-order valence-electron chi connectivity index (χ2n) is 8.30. The van der Waals surface area contributed by atoms with Crippen molar-refractivity contribution in [2.45, 2.75) is 24.8 Å². The number of para-hydroxylation sites is 2. The van der Waals surface area contributed by atoms with Gasteiger partial charge in [0, 0.05) is 22.2 Å². The Morgan fingerprint density at radius 2 is 1.61 bits per heavy atom. The number of hydrogen-bond donors (Lipinski definition) is 2. The van der Waals surface area contributed by atoms with Crippen molar-refractivity contribution >= 4 is 33.1 Å². The molecule has 33 heavy (non-hydrogen) atoms. The van der Waals surface area contributed by atoms with Gasteiger partial charge in [0.2, 0.25) is 0 Å². The first kappa shape index (κ1) is 21.6. The smallest absolute Gasteiger partial charge is 0.163 e. The number of anilines is 2. The summed E-state index contributed by atoms with van der Waals surface area (Å²) in [5.74, 6) is 1.55. The lowest BCUT2D eigenvalue weighted by atomic mass is 9.78. The Balaban J connectivity index is 1.59. The van der Waals surface area contributed by atoms with Crippen LogP contribution in [0.4, 0.5) is 11.4 Å². The van der Waals surface area contributed by atoms with Crippen LogP contribution in [0.25, 0.3) is 0 Å². The molecule has 5 rings (SSSR count). The van der Waals surface area contributed by atoms with Crippen LogP contribution in [0.3, 0.4) is 0 Å². The van der Waals surface area contributed by atoms with Crippen molar-refractivity contribution in [2.24, 2.45) is 0 Å². The highest BCUT2D eigenvalue weighted by atomic mass is 79.9. The average Bonchev–Trinajstić information content (AvgIpc) is 3.00. The summed E-state index contributed by atoms with van der Waals surface area (Å²) in [5, 5.41) is 7.21. The van der Waals surface area contributed by atoms with Gasteiger partial charge in [-0.15, -0.1) is 0 Å². The quantitative estimate of drug-likeness (QED) is 0.427. The maximum atomic E-state index is 13.7. The van der Waals surface area contributed by atoms with Crippen molar-refractivity contribution in [1.82, 2.24) is 0 Å². The lowest BCUT2D eigenvalue weighted by molar-refractivity contribution is -0.116. The summed E-state index contributed by atoms with van der Waals surface area (Å²) in [6.07, 6.45) is 1.17. The molecule has 0 fully saturated rings. The van der Waals surface area contributed by atoms with Crippen molar-refractivity contribution in [2.75, 3.05) is 24.9 Å². The Labute approximate surface area is 201 Å². The highest BCUT2D eigenvalue weighted by Crippen LogP contribution is 2.46. The molecule has 2 atom stereocenters. The van der Waals surface area contributed by atoms with E-state index >= 15 is 0 Å². The highest BCUT2D eigenvalue weighted by Gasteiger charge is 2.36. The monoisotopic (exact) mass is 504 g/mol. The SMILES string of the molecule is COc1ccc([C@H]2CC(=O)C3=C(C2)Nc2ccccc2N[C@H]3c2ccccc2Br)cc1OC. The minimum atomic E-state index is -0.245. The molecule has 0 unspecified atom stereocenters. The van der Waals surface area contributed by atoms with Gasteiger partial charge in [-0.1, -0.05) is 52.3 Å². The molecule has 0 bridgehead atoms. The molecule has 168 valence electrons. The zero-order valence-electron chi connectivity index (χ0n) is 18.5. The van der Waals surface area contributed by atoms with Crippen molar-refractivity contribution < 1.29 is 14.3 Å². The standard InChI is InChI=1S/C27H25BrN2O3/c1-32-24-12-11-16(15-25(24)33-2)17-13-22-26(23(31)14-17)27(18-7-3-4-8-19(18)28)30-21-10-6-5-9-20(21)29-22/h3-12,15,17,27,29-30H,13-14H2,1-2H3/t17-,27+/m1/s1. The van der Waals surface area contributed by atoms with Crippen molar-refractivity contribution in [1.29, 1.82) is 0 Å². The van der Waals surface area contributed by atoms with Gasteiger partial charge < -0.3 is 20.1 Å². The van der Waals surface area contributed by atoms with Gasteiger partial charge in [-0.3, -0.25) is 4.79 Å². The number of carbonyl (C=O) groups is 1. The van der Waals surface area contributed by atoms with E-state index in [1.165, 1.54) is 0 Å². The van der Waals surface area contributed by atoms with Crippen LogP contribution in [0.15, 0.2) is 82.5 Å². The third kappa shape index (κ3) is 4.00. The number of halogens is 1. The number of methoxy groups -OCH3 is 2. The largest absolute Gasteiger partial charge is 0.493 e. The first-order valence-electron chi connectivity index (χ1n) is 10.9. The lowest BCUT2D eigenvalue weighted by Crippen LogP contribution is -2.27. The van der Waals surface area contributed by atoms with E-state index in [-0.39, 0.29) is 17.7 Å². The van der Waals surface area contributed by atoms with Crippen molar-refractivity contribution in [3.05, 3.63) is 93.6 Å². The first-order chi connectivity index (χ1) is 16.1. The number of carbonyl (C=O) groups excluding carboxylic acids is 1. The molecule has 3 aromatic carbocycles. The number of ether oxygens (including phenoxy) is 2. The van der Waals surface area contributed by atoms with Crippen LogP contribution in [0, 0.1) is 0 Å². The van der Waals surface area contributed by atoms with Crippen LogP contribution in [0.1, 0.15) is 35.9 Å². The number of rotatable bonds is 4. The number of allylic oxidation sites excluding steroid dienone is 1. The average molecular weight is 505 g/mol. The normalized spacial score (nSPS) is 19.5. The van der Waals surface area contributed by atoms with Crippen LogP contribution in [0.2, 0.25) is 0 Å². The van der Waals surface area contributed by atoms with Gasteiger partial charge in [-0.25, -0.2) is 0 Å². The van der Waals surface area contributed by atoms with Crippen LogP contribution in [0.5, 0.6) is 11.5 Å². The van der Waals surface area contributed by atoms with Gasteiger partial charge in [-0.05, 0) is 53.8 Å². The molecule has 2 aliphatic rings. The topological polar surface area (TPSA) is 59.6 Å². The summed E-state index contributed by atoms with van der Waals surface area (Å²) in [7, 11) is 3.26. The predicted octanol–water partition coefficient (Wildman–Crippen LogP) is 6.45. The van der Waals surface area contributed by atoms with E-state index in [4.69, 9.17) is 9.47 Å². The minimum Gasteiger partial charge on any atom is -0.493 e. The molecular weight excluding hydrogens is 480 g/mol. The molecule has 0 saturated heterocycles. The Bertz CT molecular complexity index is 1250. The van der Waals surface area contributed by atoms with Gasteiger partial charge in [0.25, 0.3) is 0 Å². The molecule has 1 aliphatic carbocycles. The fraction of sp³-hybridized carbons (Fsp3) is 0.222. The molecule has 6 heteroatoms. The Hall–Kier alpha value is -3.25. The molecular formula is C27H25BrN2O3. The van der Waals surface area contributed by atoms with Gasteiger partial charge in [0.15, 0.2) is 17.3 Å². The van der Waals surface area contributed by atoms with Gasteiger partial charge in [-0.2, -0.15) is 0 Å². The number of fused-ring (bicyclic) bond motifs is 1. The summed E-state index contributed by atoms with van der Waals surface area (Å²) in [6, 6.07) is 21.8. The maximum absolute atomic E-state index is 13.7. The number of nitrogens with one attached hydrogen (secondary N) is 2. The predicted molar refractivity (Wildman–Crippen MR) is 134 cm³/mol. The molecule has 0 aromatic heterocycles. The van der Waals surface area contributed by atoms with E-state index in [0.717, 1.165) is 44.7 Å². The van der Waals surface area contributed by atoms with Gasteiger partial charge >= 0.3 is 0 Å². The first-order valence-corrected chi connectivity index (χ1v) is 11.7. The molecule has 2 N–H and O–H groups in total. The fourth-order valence-electron chi connectivity index (χ4n) is 4.78. The van der Waals surface area contributed by atoms with Crippen LogP contribution in [-0.4, -0.2) is 20.0 Å². The van der Waals surface area contributed by atoms with Crippen molar-refractivity contribution in [3.8, 4) is 11.5 Å². The van der Waals surface area contributed by atoms with Crippen LogP contribution in [-0.2, 0) is 4.79 Å². The summed E-state index contributed by atoms with van der Waals surface area (Å²) in [5.41, 5.74) is 5.82. The van der Waals surface area contributed by atoms with Gasteiger partial charge in [0.05, 0.1) is 31.6 Å². The third-order valence-corrected chi connectivity index (χ3v) is 7.13. The zero-order valence-corrected chi connectivity index (χ0v) is 20.1. The zero-order chi connectivity index (χ0) is 22.9. The summed E-state index contributed by atoms with van der Waals surface area (Å²) in [4.78, 5) is 13.7. The Kier molecular flexibility index (Phi) is 5.85. The van der Waals surface area contributed by atoms with E-state index in [9.17, 15) is 4.79 Å². The highest BCUT2D eigenvalue weighted by molar-refractivity contribution is 9.10. The van der Waals surface area contributed by atoms with Crippen molar-refractivity contribution in [3.63, 3.8) is 0 Å². The molecule has 3 aromatic rings. The molecule has 0 radical (unpaired) electrons. The number of hydrogen-bond acceptors (Lipinski definition) is 5. The van der Waals surface area contributed by atoms with E-state index in [1.807, 2.05) is 60.7 Å². The Morgan fingerprint density at radius 1 is 0.879 bits per heavy atom. The minimum absolute atomic E-state index is 0.0497. The Morgan fingerprint density at radius 3 is 2.36 bits per heavy atom. The lowest BCUT2D eigenvalue weighted by Gasteiger charge is -2.30. The van der Waals surface area contributed by atoms with E-state index in [0.29, 0.717) is 17.9 Å². The molecule has 0 spiro atoms. The molecule has 1 heterocycles. The third-order valence-electron chi connectivity index (χ3n) is 6.40. The molecule has 0 amide bonds. The van der Waals surface area contributed by atoms with Crippen LogP contribution >= 0.6 is 15.9 Å². The molecule has 1 aliphatic heterocycles. The second kappa shape index (κ2) is 8.94. The second-order valence-corrected chi connectivity index (χ2v) is 9.16. The fourth-order valence-corrected chi connectivity index (χ4v) is 5.29. The van der Waals surface area contributed by atoms with E-state index in [1.54, 1.807) is 14.2 Å². The molecule has 5 nitrogen and oxygen atoms in total. The summed E-state index contributed by atoms with van der Waals surface area (Å²) in [6.45, 7) is 0. The number of benzene rings is 3. The van der Waals surface area contributed by atoms with Crippen LogP contribution < -0.4 is 20.1 Å². The summed E-state index contributed by atoms with van der Waals surface area (Å²) < 4.78 is 11.9. The van der Waals surface area contributed by atoms with E-state index in [2.05, 4.69) is 32.6 Å². The van der Waals surface area contributed by atoms with Gasteiger partial charge in [0.1, 0.15) is 0 Å². The molecule has 0 saturated carbocycles. The van der Waals surface area contributed by atoms with E-state index < -0.39 is 0 Å². The number of ketones is 1.